The van der Waals surface area contributed by atoms with Gasteiger partial charge in [-0.05, 0) is 25.7 Å². The number of carbonyl (C=O) groups is 3. The molecule has 6 atom stereocenters. The number of nitrogens with zero attached hydrogens (tertiary/aromatic N) is 3. The Morgan fingerprint density at radius 1 is 1.21 bits per heavy atom. The van der Waals surface area contributed by atoms with Gasteiger partial charge in [0.25, 0.3) is 0 Å². The van der Waals surface area contributed by atoms with Gasteiger partial charge in [0.15, 0.2) is 0 Å². The first-order valence-electron chi connectivity index (χ1n) is 13.6. The maximum Gasteiger partial charge on any atom is 0.312 e. The summed E-state index contributed by atoms with van der Waals surface area (Å²) in [5, 5.41) is 9.80. The lowest BCUT2D eigenvalue weighted by Crippen LogP contribution is -2.58. The zero-order valence-electron chi connectivity index (χ0n) is 22.0. The lowest BCUT2D eigenvalue weighted by molar-refractivity contribution is -0.155. The van der Waals surface area contributed by atoms with Crippen molar-refractivity contribution in [3.05, 3.63) is 25.3 Å². The van der Waals surface area contributed by atoms with E-state index in [1.54, 1.807) is 11.0 Å². The molecule has 4 aliphatic heterocycles. The quantitative estimate of drug-likeness (QED) is 0.137. The third kappa shape index (κ3) is 5.58. The number of esters is 1. The Hall–Kier alpha value is -1.79. The molecule has 3 unspecified atom stereocenters. The highest BCUT2D eigenvalue weighted by atomic mass is 79.9. The second kappa shape index (κ2) is 13.0. The Kier molecular flexibility index (Phi) is 10.0. The Bertz CT molecular complexity index is 898. The maximum atomic E-state index is 14.2. The zero-order valence-corrected chi connectivity index (χ0v) is 23.6. The lowest BCUT2D eigenvalue weighted by atomic mass is 9.70. The summed E-state index contributed by atoms with van der Waals surface area (Å²) in [6.07, 6.45) is 5.76. The number of morpholine rings is 1. The molecule has 1 spiro atoms. The molecule has 4 fully saturated rings. The van der Waals surface area contributed by atoms with Crippen LogP contribution < -0.4 is 0 Å². The number of likely N-dealkylation sites (tertiary alicyclic amines) is 1. The molecule has 38 heavy (non-hydrogen) atoms. The van der Waals surface area contributed by atoms with Crippen LogP contribution in [-0.2, 0) is 28.6 Å². The van der Waals surface area contributed by atoms with Crippen molar-refractivity contribution in [1.29, 1.82) is 0 Å². The van der Waals surface area contributed by atoms with Crippen LogP contribution in [0.1, 0.15) is 25.7 Å². The van der Waals surface area contributed by atoms with Gasteiger partial charge in [0, 0.05) is 44.1 Å². The first kappa shape index (κ1) is 29.2. The van der Waals surface area contributed by atoms with Gasteiger partial charge in [-0.3, -0.25) is 19.3 Å². The van der Waals surface area contributed by atoms with Crippen molar-refractivity contribution in [2.45, 2.75) is 48.3 Å². The topological polar surface area (TPSA) is 109 Å². The number of allylic oxidation sites excluding steroid dienone is 1. The number of halogens is 1. The molecule has 212 valence electrons. The van der Waals surface area contributed by atoms with Crippen molar-refractivity contribution < 1.29 is 33.7 Å². The van der Waals surface area contributed by atoms with E-state index in [4.69, 9.17) is 14.2 Å². The molecule has 11 heteroatoms. The molecule has 0 aromatic heterocycles. The van der Waals surface area contributed by atoms with Gasteiger partial charge in [0.1, 0.15) is 11.6 Å². The van der Waals surface area contributed by atoms with Gasteiger partial charge in [0.2, 0.25) is 11.8 Å². The second-order valence-electron chi connectivity index (χ2n) is 10.4. The minimum absolute atomic E-state index is 0.0107. The van der Waals surface area contributed by atoms with Crippen LogP contribution in [0.4, 0.5) is 0 Å². The summed E-state index contributed by atoms with van der Waals surface area (Å²) in [7, 11) is 0. The molecule has 2 bridgehead atoms. The molecule has 1 N–H and O–H groups in total. The van der Waals surface area contributed by atoms with E-state index in [1.807, 2.05) is 6.08 Å². The van der Waals surface area contributed by atoms with Crippen molar-refractivity contribution in [2.75, 3.05) is 65.7 Å². The fourth-order valence-corrected chi connectivity index (χ4v) is 7.34. The Morgan fingerprint density at radius 2 is 1.97 bits per heavy atom. The average molecular weight is 599 g/mol. The molecule has 4 rings (SSSR count). The van der Waals surface area contributed by atoms with Gasteiger partial charge < -0.3 is 29.1 Å². The predicted octanol–water partition coefficient (Wildman–Crippen LogP) is 0.973. The molecule has 0 aliphatic carbocycles. The fourth-order valence-electron chi connectivity index (χ4n) is 6.39. The van der Waals surface area contributed by atoms with Crippen molar-refractivity contribution in [1.82, 2.24) is 14.7 Å². The molecule has 0 aromatic carbocycles. The molecule has 0 aromatic rings. The fraction of sp³-hybridized carbons (Fsp3) is 0.741. The first-order chi connectivity index (χ1) is 18.4. The number of alkyl halides is 1. The van der Waals surface area contributed by atoms with Crippen molar-refractivity contribution in [3.63, 3.8) is 0 Å². The smallest absolute Gasteiger partial charge is 0.312 e. The van der Waals surface area contributed by atoms with Crippen LogP contribution in [0.5, 0.6) is 0 Å². The van der Waals surface area contributed by atoms with E-state index in [1.165, 1.54) is 4.90 Å². The van der Waals surface area contributed by atoms with Crippen LogP contribution in [0, 0.1) is 11.8 Å². The number of hydrogen-bond acceptors (Lipinski definition) is 8. The molecular formula is C27H40BrN3O7. The van der Waals surface area contributed by atoms with E-state index >= 15 is 0 Å². The van der Waals surface area contributed by atoms with Gasteiger partial charge in [-0.2, -0.15) is 0 Å². The molecule has 0 saturated carbocycles. The number of β-amino-alcohol motifs (C(OH)–C–C–N with tert-alkyl or cyclic N) is 1. The lowest BCUT2D eigenvalue weighted by Gasteiger charge is -2.37. The van der Waals surface area contributed by atoms with Crippen LogP contribution in [0.3, 0.4) is 0 Å². The SMILES string of the molecule is C=CCCCCOC(=O)[C@H]1[C@@H]2OC3(CC2Br)C(C(=O)N(CC=C)CCN2CCOCC2)N(CCO)C(=O)[C@H]13. The third-order valence-corrected chi connectivity index (χ3v) is 8.98. The van der Waals surface area contributed by atoms with Gasteiger partial charge in [-0.1, -0.05) is 28.1 Å². The van der Waals surface area contributed by atoms with Crippen molar-refractivity contribution >= 4 is 33.7 Å². The summed E-state index contributed by atoms with van der Waals surface area (Å²) < 4.78 is 17.5. The average Bonchev–Trinajstić information content (AvgIpc) is 3.50. The maximum absolute atomic E-state index is 14.2. The number of amides is 2. The van der Waals surface area contributed by atoms with E-state index in [-0.39, 0.29) is 36.4 Å². The zero-order chi connectivity index (χ0) is 27.3. The summed E-state index contributed by atoms with van der Waals surface area (Å²) in [5.41, 5.74) is -1.16. The second-order valence-corrected chi connectivity index (χ2v) is 11.6. The Labute approximate surface area is 233 Å². The van der Waals surface area contributed by atoms with E-state index < -0.39 is 35.6 Å². The van der Waals surface area contributed by atoms with E-state index in [2.05, 4.69) is 34.0 Å². The highest BCUT2D eigenvalue weighted by Crippen LogP contribution is 2.60. The number of fused-ring (bicyclic) bond motifs is 1. The van der Waals surface area contributed by atoms with E-state index in [0.717, 1.165) is 25.9 Å². The first-order valence-corrected chi connectivity index (χ1v) is 14.5. The van der Waals surface area contributed by atoms with Gasteiger partial charge in [-0.25, -0.2) is 0 Å². The summed E-state index contributed by atoms with van der Waals surface area (Å²) >= 11 is 3.66. The third-order valence-electron chi connectivity index (χ3n) is 8.13. The Morgan fingerprint density at radius 3 is 2.66 bits per heavy atom. The van der Waals surface area contributed by atoms with Gasteiger partial charge in [-0.15, -0.1) is 13.2 Å². The summed E-state index contributed by atoms with van der Waals surface area (Å²) in [6, 6.07) is -0.938. The molecule has 4 aliphatic rings. The molecule has 4 heterocycles. The number of rotatable bonds is 14. The molecular weight excluding hydrogens is 558 g/mol. The van der Waals surface area contributed by atoms with E-state index in [0.29, 0.717) is 45.7 Å². The van der Waals surface area contributed by atoms with E-state index in [9.17, 15) is 19.5 Å². The molecule has 2 amide bonds. The standard InChI is InChI=1S/C27H40BrN3O7/c1-3-5-6-7-15-37-26(35)20-21-24(33)31(11-14-32)23(27(21)18-19(28)22(20)38-27)25(34)30(8-4-2)10-9-29-12-16-36-17-13-29/h3-4,19-23,32H,1-2,5-18H2/t19?,20-,21+,22-,23?,27?/m1/s1. The van der Waals surface area contributed by atoms with Gasteiger partial charge >= 0.3 is 5.97 Å². The highest BCUT2D eigenvalue weighted by molar-refractivity contribution is 9.09. The number of ether oxygens (including phenoxy) is 3. The van der Waals surface area contributed by atoms with Crippen LogP contribution in [0.2, 0.25) is 0 Å². The highest BCUT2D eigenvalue weighted by Gasteiger charge is 2.77. The van der Waals surface area contributed by atoms with Crippen LogP contribution >= 0.6 is 15.9 Å². The van der Waals surface area contributed by atoms with Crippen LogP contribution in [-0.4, -0.2) is 126 Å². The number of aliphatic hydroxyl groups is 1. The normalized spacial score (nSPS) is 32.3. The van der Waals surface area contributed by atoms with Crippen LogP contribution in [0.15, 0.2) is 25.3 Å². The number of hydrogen-bond donors (Lipinski definition) is 1. The largest absolute Gasteiger partial charge is 0.465 e. The summed E-state index contributed by atoms with van der Waals surface area (Å²) in [4.78, 5) is 46.4. The minimum atomic E-state index is -1.16. The molecule has 4 saturated heterocycles. The van der Waals surface area contributed by atoms with Crippen LogP contribution in [0.25, 0.3) is 0 Å². The number of aliphatic hydroxyl groups excluding tert-OH is 1. The summed E-state index contributed by atoms with van der Waals surface area (Å²) in [6.45, 7) is 11.9. The summed E-state index contributed by atoms with van der Waals surface area (Å²) in [5.74, 6) is -2.68. The number of carbonyl (C=O) groups excluding carboxylic acids is 3. The van der Waals surface area contributed by atoms with Crippen molar-refractivity contribution in [2.24, 2.45) is 11.8 Å². The number of unbranched alkanes of at least 4 members (excludes halogenated alkanes) is 2. The Balaban J connectivity index is 1.55. The minimum Gasteiger partial charge on any atom is -0.465 e. The monoisotopic (exact) mass is 597 g/mol. The molecule has 0 radical (unpaired) electrons. The molecule has 10 nitrogen and oxygen atoms in total. The van der Waals surface area contributed by atoms with Crippen molar-refractivity contribution in [3.8, 4) is 0 Å². The van der Waals surface area contributed by atoms with Gasteiger partial charge in [0.05, 0.1) is 44.4 Å². The predicted molar refractivity (Wildman–Crippen MR) is 144 cm³/mol.